The van der Waals surface area contributed by atoms with Crippen LogP contribution in [0.2, 0.25) is 0 Å². The molecule has 2 aliphatic heterocycles. The fourth-order valence-electron chi connectivity index (χ4n) is 3.88. The summed E-state index contributed by atoms with van der Waals surface area (Å²) in [5.74, 6) is 3.64. The van der Waals surface area contributed by atoms with Gasteiger partial charge in [-0.05, 0) is 67.8 Å². The molecule has 0 bridgehead atoms. The van der Waals surface area contributed by atoms with Gasteiger partial charge in [0.2, 0.25) is 12.7 Å². The van der Waals surface area contributed by atoms with Crippen LogP contribution in [0.4, 0.5) is 23.0 Å². The lowest BCUT2D eigenvalue weighted by atomic mass is 10.2. The van der Waals surface area contributed by atoms with Gasteiger partial charge in [-0.25, -0.2) is 9.97 Å². The first-order valence-corrected chi connectivity index (χ1v) is 11.0. The highest BCUT2D eigenvalue weighted by Gasteiger charge is 2.15. The second-order valence-corrected chi connectivity index (χ2v) is 7.99. The van der Waals surface area contributed by atoms with Gasteiger partial charge in [-0.15, -0.1) is 0 Å². The van der Waals surface area contributed by atoms with E-state index in [0.717, 1.165) is 47.5 Å². The van der Waals surface area contributed by atoms with E-state index in [9.17, 15) is 4.79 Å². The molecule has 1 amide bonds. The third-order valence-corrected chi connectivity index (χ3v) is 5.50. The zero-order chi connectivity index (χ0) is 22.6. The fourth-order valence-corrected chi connectivity index (χ4v) is 3.88. The van der Waals surface area contributed by atoms with Crippen molar-refractivity contribution in [3.8, 4) is 11.5 Å². The topological polar surface area (TPSA) is 88.6 Å². The molecule has 3 heterocycles. The molecule has 0 aliphatic carbocycles. The van der Waals surface area contributed by atoms with Crippen molar-refractivity contribution in [1.82, 2.24) is 9.97 Å². The van der Waals surface area contributed by atoms with E-state index in [1.807, 2.05) is 55.5 Å². The van der Waals surface area contributed by atoms with Crippen LogP contribution in [-0.2, 0) is 4.79 Å². The lowest BCUT2D eigenvalue weighted by Gasteiger charge is -2.18. The molecule has 0 radical (unpaired) electrons. The van der Waals surface area contributed by atoms with Crippen LogP contribution in [0, 0.1) is 6.92 Å². The van der Waals surface area contributed by atoms with Gasteiger partial charge in [-0.2, -0.15) is 0 Å². The van der Waals surface area contributed by atoms with Gasteiger partial charge in [0.05, 0.1) is 0 Å². The van der Waals surface area contributed by atoms with Gasteiger partial charge in [0.1, 0.15) is 17.5 Å². The Bertz CT molecular complexity index is 1190. The lowest BCUT2D eigenvalue weighted by molar-refractivity contribution is -0.111. The van der Waals surface area contributed by atoms with Crippen molar-refractivity contribution in [2.24, 2.45) is 0 Å². The predicted octanol–water partition coefficient (Wildman–Crippen LogP) is 4.51. The standard InChI is InChI=1S/C25H25N5O3/c1-17-26-23(15-24(27-17)30-12-2-3-13-30)28-19-6-8-20(9-7-19)29-25(31)11-5-18-4-10-21-22(14-18)33-16-32-21/h4-11,14-15H,2-3,12-13,16H2,1H3,(H,29,31)(H,26,27,28)/b11-5+. The molecule has 2 aliphatic rings. The van der Waals surface area contributed by atoms with Crippen LogP contribution in [-0.4, -0.2) is 35.8 Å². The Morgan fingerprint density at radius 1 is 0.970 bits per heavy atom. The minimum Gasteiger partial charge on any atom is -0.454 e. The number of hydrogen-bond donors (Lipinski definition) is 2. The first-order chi connectivity index (χ1) is 16.1. The highest BCUT2D eigenvalue weighted by Crippen LogP contribution is 2.32. The Morgan fingerprint density at radius 3 is 2.55 bits per heavy atom. The Labute approximate surface area is 192 Å². The summed E-state index contributed by atoms with van der Waals surface area (Å²) in [7, 11) is 0. The second-order valence-electron chi connectivity index (χ2n) is 7.99. The van der Waals surface area contributed by atoms with Crippen molar-refractivity contribution in [2.75, 3.05) is 35.4 Å². The summed E-state index contributed by atoms with van der Waals surface area (Å²) in [6, 6.07) is 15.1. The van der Waals surface area contributed by atoms with Crippen LogP contribution in [0.1, 0.15) is 24.2 Å². The lowest BCUT2D eigenvalue weighted by Crippen LogP contribution is -2.19. The van der Waals surface area contributed by atoms with Gasteiger partial charge >= 0.3 is 0 Å². The minimum absolute atomic E-state index is 0.213. The van der Waals surface area contributed by atoms with Crippen molar-refractivity contribution in [1.29, 1.82) is 0 Å². The number of carbonyl (C=O) groups excluding carboxylic acids is 1. The summed E-state index contributed by atoms with van der Waals surface area (Å²) < 4.78 is 10.7. The number of benzene rings is 2. The third kappa shape index (κ3) is 5.06. The van der Waals surface area contributed by atoms with E-state index in [-0.39, 0.29) is 12.7 Å². The monoisotopic (exact) mass is 443 g/mol. The Hall–Kier alpha value is -4.07. The number of anilines is 4. The van der Waals surface area contributed by atoms with Crippen LogP contribution in [0.5, 0.6) is 11.5 Å². The van der Waals surface area contributed by atoms with E-state index in [0.29, 0.717) is 11.4 Å². The third-order valence-electron chi connectivity index (χ3n) is 5.50. The molecule has 1 fully saturated rings. The quantitative estimate of drug-likeness (QED) is 0.542. The van der Waals surface area contributed by atoms with Crippen LogP contribution < -0.4 is 25.0 Å². The predicted molar refractivity (Wildman–Crippen MR) is 128 cm³/mol. The second kappa shape index (κ2) is 9.20. The summed E-state index contributed by atoms with van der Waals surface area (Å²) in [5, 5.41) is 6.20. The molecule has 5 rings (SSSR count). The van der Waals surface area contributed by atoms with E-state index >= 15 is 0 Å². The van der Waals surface area contributed by atoms with Crippen LogP contribution in [0.15, 0.2) is 54.6 Å². The van der Waals surface area contributed by atoms with Gasteiger partial charge < -0.3 is 25.0 Å². The highest BCUT2D eigenvalue weighted by molar-refractivity contribution is 6.02. The molecular formula is C25H25N5O3. The summed E-state index contributed by atoms with van der Waals surface area (Å²) >= 11 is 0. The largest absolute Gasteiger partial charge is 0.454 e. The molecule has 1 saturated heterocycles. The first-order valence-electron chi connectivity index (χ1n) is 11.0. The Morgan fingerprint density at radius 2 is 1.73 bits per heavy atom. The average molecular weight is 444 g/mol. The molecular weight excluding hydrogens is 418 g/mol. The van der Waals surface area contributed by atoms with Crippen molar-refractivity contribution < 1.29 is 14.3 Å². The number of hydrogen-bond acceptors (Lipinski definition) is 7. The van der Waals surface area contributed by atoms with Crippen LogP contribution >= 0.6 is 0 Å². The average Bonchev–Trinajstić information content (AvgIpc) is 3.50. The van der Waals surface area contributed by atoms with E-state index in [4.69, 9.17) is 9.47 Å². The molecule has 8 heteroatoms. The zero-order valence-corrected chi connectivity index (χ0v) is 18.4. The molecule has 1 aromatic heterocycles. The fraction of sp³-hybridized carbons (Fsp3) is 0.240. The van der Waals surface area contributed by atoms with Crippen LogP contribution in [0.3, 0.4) is 0 Å². The molecule has 0 unspecified atom stereocenters. The van der Waals surface area contributed by atoms with Gasteiger partial charge in [0.25, 0.3) is 0 Å². The number of carbonyl (C=O) groups is 1. The molecule has 168 valence electrons. The van der Waals surface area contributed by atoms with E-state index in [1.54, 1.807) is 6.08 Å². The van der Waals surface area contributed by atoms with Crippen molar-refractivity contribution >= 4 is 35.0 Å². The normalized spacial score (nSPS) is 14.6. The molecule has 33 heavy (non-hydrogen) atoms. The van der Waals surface area contributed by atoms with Crippen molar-refractivity contribution in [3.63, 3.8) is 0 Å². The number of rotatable bonds is 6. The van der Waals surface area contributed by atoms with Gasteiger partial charge in [-0.1, -0.05) is 6.07 Å². The molecule has 0 atom stereocenters. The molecule has 2 aromatic carbocycles. The number of nitrogens with one attached hydrogen (secondary N) is 2. The van der Waals surface area contributed by atoms with E-state index in [2.05, 4.69) is 25.5 Å². The summed E-state index contributed by atoms with van der Waals surface area (Å²) in [6.45, 7) is 4.20. The number of amides is 1. The maximum absolute atomic E-state index is 12.3. The summed E-state index contributed by atoms with van der Waals surface area (Å²) in [6.07, 6.45) is 5.63. The highest BCUT2D eigenvalue weighted by atomic mass is 16.7. The molecule has 8 nitrogen and oxygen atoms in total. The maximum atomic E-state index is 12.3. The summed E-state index contributed by atoms with van der Waals surface area (Å²) in [4.78, 5) is 23.7. The van der Waals surface area contributed by atoms with Gasteiger partial charge in [0, 0.05) is 36.6 Å². The molecule has 0 saturated carbocycles. The number of ether oxygens (including phenoxy) is 2. The number of fused-ring (bicyclic) bond motifs is 1. The van der Waals surface area contributed by atoms with Crippen molar-refractivity contribution in [3.05, 3.63) is 66.0 Å². The minimum atomic E-state index is -0.213. The zero-order valence-electron chi connectivity index (χ0n) is 18.4. The van der Waals surface area contributed by atoms with Gasteiger partial charge in [-0.3, -0.25) is 4.79 Å². The SMILES string of the molecule is Cc1nc(Nc2ccc(NC(=O)/C=C/c3ccc4c(c3)OCO4)cc2)cc(N2CCCC2)n1. The summed E-state index contributed by atoms with van der Waals surface area (Å²) in [5.41, 5.74) is 2.45. The molecule has 2 N–H and O–H groups in total. The Kier molecular flexibility index (Phi) is 5.80. The van der Waals surface area contributed by atoms with E-state index in [1.165, 1.54) is 18.9 Å². The maximum Gasteiger partial charge on any atom is 0.248 e. The van der Waals surface area contributed by atoms with E-state index < -0.39 is 0 Å². The van der Waals surface area contributed by atoms with Crippen LogP contribution in [0.25, 0.3) is 6.08 Å². The smallest absolute Gasteiger partial charge is 0.248 e. The molecule has 0 spiro atoms. The molecule has 3 aromatic rings. The number of aromatic nitrogens is 2. The Balaban J connectivity index is 1.19. The van der Waals surface area contributed by atoms with Gasteiger partial charge in [0.15, 0.2) is 11.5 Å². The van der Waals surface area contributed by atoms with Crippen molar-refractivity contribution in [2.45, 2.75) is 19.8 Å². The first kappa shape index (κ1) is 20.8. The number of aryl methyl sites for hydroxylation is 1. The number of nitrogens with zero attached hydrogens (tertiary/aromatic N) is 3.